The average molecular weight is 187 g/mol. The quantitative estimate of drug-likeness (QED) is 0.706. The monoisotopic (exact) mass is 187 g/mol. The fraction of sp³-hybridized carbons (Fsp3) is 0.111. The van der Waals surface area contributed by atoms with Crippen LogP contribution in [0.2, 0.25) is 0 Å². The van der Waals surface area contributed by atoms with Gasteiger partial charge in [-0.2, -0.15) is 8.78 Å². The molecule has 13 heavy (non-hydrogen) atoms. The molecule has 69 valence electrons. The van der Waals surface area contributed by atoms with E-state index in [2.05, 4.69) is 17.4 Å². The second kappa shape index (κ2) is 3.98. The fourth-order valence-electron chi connectivity index (χ4n) is 0.802. The van der Waals surface area contributed by atoms with Crippen molar-refractivity contribution in [1.82, 2.24) is 0 Å². The molecule has 1 rings (SSSR count). The molecular weight excluding hydrogens is 181 g/mol. The molecule has 0 saturated carbocycles. The highest BCUT2D eigenvalue weighted by molar-refractivity contribution is 5.31. The second-order valence-electron chi connectivity index (χ2n) is 2.20. The summed E-state index contributed by atoms with van der Waals surface area (Å²) < 4.78 is 40.1. The summed E-state index contributed by atoms with van der Waals surface area (Å²) in [5.41, 5.74) is 0.388. The van der Waals surface area contributed by atoms with Crippen molar-refractivity contribution < 1.29 is 17.9 Å². The first-order chi connectivity index (χ1) is 6.13. The van der Waals surface area contributed by atoms with E-state index in [9.17, 15) is 13.2 Å². The summed E-state index contributed by atoms with van der Waals surface area (Å²) in [6.07, 6.45) is 2.42. The zero-order valence-corrected chi connectivity index (χ0v) is 6.56. The van der Waals surface area contributed by atoms with Gasteiger partial charge in [0.25, 0.3) is 0 Å². The molecule has 1 radical (unpaired) electrons. The normalized spacial score (nSPS) is 10.2. The molecule has 0 atom stereocenters. The van der Waals surface area contributed by atoms with Crippen molar-refractivity contribution in [2.45, 2.75) is 6.61 Å². The standard InChI is InChI=1S/C9H6F3O/c1-2-6-3-4-8(7(10)5-6)13-9(11)12/h3-5,9H,1H2. The van der Waals surface area contributed by atoms with Crippen LogP contribution in [-0.4, -0.2) is 6.61 Å². The minimum absolute atomic E-state index is 0.388. The van der Waals surface area contributed by atoms with E-state index in [-0.39, 0.29) is 0 Å². The Balaban J connectivity index is 2.91. The lowest BCUT2D eigenvalue weighted by Gasteiger charge is -2.05. The summed E-state index contributed by atoms with van der Waals surface area (Å²) in [6.45, 7) is 0.262. The molecular formula is C9H6F3O. The van der Waals surface area contributed by atoms with Gasteiger partial charge in [0, 0.05) is 0 Å². The van der Waals surface area contributed by atoms with Gasteiger partial charge in [0.15, 0.2) is 11.6 Å². The van der Waals surface area contributed by atoms with Crippen LogP contribution in [0.4, 0.5) is 13.2 Å². The Kier molecular flexibility index (Phi) is 2.95. The van der Waals surface area contributed by atoms with Crippen LogP contribution in [0.15, 0.2) is 24.8 Å². The van der Waals surface area contributed by atoms with Gasteiger partial charge in [-0.3, -0.25) is 0 Å². The maximum absolute atomic E-state index is 12.9. The minimum atomic E-state index is -3.02. The van der Waals surface area contributed by atoms with E-state index in [0.29, 0.717) is 5.56 Å². The third-order valence-corrected chi connectivity index (χ3v) is 1.35. The Morgan fingerprint density at radius 2 is 2.08 bits per heavy atom. The van der Waals surface area contributed by atoms with Crippen molar-refractivity contribution in [2.24, 2.45) is 0 Å². The van der Waals surface area contributed by atoms with Gasteiger partial charge >= 0.3 is 6.61 Å². The molecule has 0 aliphatic heterocycles. The van der Waals surface area contributed by atoms with Gasteiger partial charge in [-0.05, 0) is 23.8 Å². The molecule has 0 amide bonds. The number of hydrogen-bond donors (Lipinski definition) is 0. The Labute approximate surface area is 73.4 Å². The molecule has 0 bridgehead atoms. The van der Waals surface area contributed by atoms with E-state index >= 15 is 0 Å². The molecule has 0 saturated heterocycles. The Bertz CT molecular complexity index is 310. The van der Waals surface area contributed by atoms with Crippen molar-refractivity contribution in [3.63, 3.8) is 0 Å². The first-order valence-corrected chi connectivity index (χ1v) is 3.41. The van der Waals surface area contributed by atoms with E-state index in [1.807, 2.05) is 0 Å². The summed E-state index contributed by atoms with van der Waals surface area (Å²) in [6, 6.07) is 3.51. The lowest BCUT2D eigenvalue weighted by Crippen LogP contribution is -2.03. The highest BCUT2D eigenvalue weighted by atomic mass is 19.3. The average Bonchev–Trinajstić information content (AvgIpc) is 2.08. The van der Waals surface area contributed by atoms with Crippen LogP contribution >= 0.6 is 0 Å². The van der Waals surface area contributed by atoms with Gasteiger partial charge in [-0.15, -0.1) is 0 Å². The highest BCUT2D eigenvalue weighted by Crippen LogP contribution is 2.20. The van der Waals surface area contributed by atoms with E-state index in [1.54, 1.807) is 0 Å². The molecule has 0 fully saturated rings. The second-order valence-corrected chi connectivity index (χ2v) is 2.20. The molecule has 0 aromatic heterocycles. The molecule has 1 aromatic rings. The summed E-state index contributed by atoms with van der Waals surface area (Å²) in [4.78, 5) is 0. The smallest absolute Gasteiger partial charge is 0.387 e. The van der Waals surface area contributed by atoms with Crippen LogP contribution in [0, 0.1) is 11.9 Å². The summed E-state index contributed by atoms with van der Waals surface area (Å²) >= 11 is 0. The molecule has 1 aromatic carbocycles. The van der Waals surface area contributed by atoms with Gasteiger partial charge in [0.1, 0.15) is 0 Å². The highest BCUT2D eigenvalue weighted by Gasteiger charge is 2.09. The number of rotatable bonds is 3. The van der Waals surface area contributed by atoms with Gasteiger partial charge in [0.2, 0.25) is 0 Å². The first-order valence-electron chi connectivity index (χ1n) is 3.41. The molecule has 0 N–H and O–H groups in total. The number of halogens is 3. The summed E-state index contributed by atoms with van der Waals surface area (Å²) in [5.74, 6) is -1.33. The third-order valence-electron chi connectivity index (χ3n) is 1.35. The topological polar surface area (TPSA) is 9.23 Å². The third kappa shape index (κ3) is 2.50. The van der Waals surface area contributed by atoms with E-state index in [0.717, 1.165) is 12.1 Å². The molecule has 4 heteroatoms. The van der Waals surface area contributed by atoms with Gasteiger partial charge in [-0.25, -0.2) is 4.39 Å². The lowest BCUT2D eigenvalue weighted by atomic mass is 10.2. The molecule has 0 spiro atoms. The van der Waals surface area contributed by atoms with Crippen LogP contribution in [0.3, 0.4) is 0 Å². The van der Waals surface area contributed by atoms with Gasteiger partial charge < -0.3 is 4.74 Å². The van der Waals surface area contributed by atoms with Crippen LogP contribution in [0.1, 0.15) is 5.56 Å². The van der Waals surface area contributed by atoms with Crippen LogP contribution in [-0.2, 0) is 0 Å². The van der Waals surface area contributed by atoms with Gasteiger partial charge in [-0.1, -0.05) is 12.6 Å². The predicted molar refractivity (Wildman–Crippen MR) is 41.0 cm³/mol. The number of ether oxygens (including phenoxy) is 1. The molecule has 0 aliphatic carbocycles. The molecule has 0 heterocycles. The van der Waals surface area contributed by atoms with Gasteiger partial charge in [0.05, 0.1) is 0 Å². The van der Waals surface area contributed by atoms with Crippen molar-refractivity contribution in [3.8, 4) is 5.75 Å². The van der Waals surface area contributed by atoms with Crippen LogP contribution in [0.5, 0.6) is 5.75 Å². The fourth-order valence-corrected chi connectivity index (χ4v) is 0.802. The van der Waals surface area contributed by atoms with Crippen LogP contribution < -0.4 is 4.74 Å². The van der Waals surface area contributed by atoms with E-state index < -0.39 is 18.2 Å². The number of benzene rings is 1. The Morgan fingerprint density at radius 1 is 1.38 bits per heavy atom. The zero-order chi connectivity index (χ0) is 9.84. The largest absolute Gasteiger partial charge is 0.432 e. The maximum Gasteiger partial charge on any atom is 0.387 e. The van der Waals surface area contributed by atoms with Crippen molar-refractivity contribution >= 4 is 0 Å². The van der Waals surface area contributed by atoms with Crippen molar-refractivity contribution in [2.75, 3.05) is 0 Å². The van der Waals surface area contributed by atoms with E-state index in [1.165, 1.54) is 6.07 Å². The minimum Gasteiger partial charge on any atom is -0.432 e. The molecule has 1 nitrogen and oxygen atoms in total. The van der Waals surface area contributed by atoms with Crippen LogP contribution in [0.25, 0.3) is 0 Å². The van der Waals surface area contributed by atoms with Crippen molar-refractivity contribution in [3.05, 3.63) is 42.2 Å². The Morgan fingerprint density at radius 3 is 2.54 bits per heavy atom. The summed E-state index contributed by atoms with van der Waals surface area (Å²) in [5, 5.41) is 0. The van der Waals surface area contributed by atoms with Crippen molar-refractivity contribution in [1.29, 1.82) is 0 Å². The molecule has 0 aliphatic rings. The Hall–Kier alpha value is -1.45. The van der Waals surface area contributed by atoms with E-state index in [4.69, 9.17) is 0 Å². The lowest BCUT2D eigenvalue weighted by molar-refractivity contribution is -0.0521. The zero-order valence-electron chi connectivity index (χ0n) is 6.56. The SMILES string of the molecule is C=[C]c1ccc(OC(F)F)c(F)c1. The first kappa shape index (κ1) is 9.64. The maximum atomic E-state index is 12.9. The molecule has 0 unspecified atom stereocenters. The number of hydrogen-bond acceptors (Lipinski definition) is 1. The summed E-state index contributed by atoms with van der Waals surface area (Å²) in [7, 11) is 0. The number of alkyl halides is 2. The predicted octanol–water partition coefficient (Wildman–Crippen LogP) is 2.76.